The van der Waals surface area contributed by atoms with E-state index in [-0.39, 0.29) is 5.75 Å². The van der Waals surface area contributed by atoms with Gasteiger partial charge in [0.1, 0.15) is 17.2 Å². The van der Waals surface area contributed by atoms with Crippen molar-refractivity contribution in [2.24, 2.45) is 0 Å². The van der Waals surface area contributed by atoms with Crippen LogP contribution in [0.1, 0.15) is 5.56 Å². The van der Waals surface area contributed by atoms with Gasteiger partial charge >= 0.3 is 0 Å². The van der Waals surface area contributed by atoms with E-state index in [4.69, 9.17) is 9.26 Å². The van der Waals surface area contributed by atoms with E-state index in [1.54, 1.807) is 24.3 Å². The number of phenolic OH excluding ortho intramolecular Hbond substituents is 1. The Kier molecular flexibility index (Phi) is 4.89. The summed E-state index contributed by atoms with van der Waals surface area (Å²) in [7, 11) is 0. The van der Waals surface area contributed by atoms with Crippen molar-refractivity contribution in [2.45, 2.75) is 5.33 Å². The number of alkyl halides is 1. The predicted octanol–water partition coefficient (Wildman–Crippen LogP) is 5.80. The second kappa shape index (κ2) is 7.63. The lowest BCUT2D eigenvalue weighted by Crippen LogP contribution is -1.89. The van der Waals surface area contributed by atoms with Gasteiger partial charge in [-0.15, -0.1) is 0 Å². The first-order chi connectivity index (χ1) is 13.2. The number of rotatable bonds is 5. The third-order valence-electron chi connectivity index (χ3n) is 4.00. The molecule has 6 heteroatoms. The van der Waals surface area contributed by atoms with Crippen molar-refractivity contribution >= 4 is 15.9 Å². The third kappa shape index (κ3) is 3.85. The molecule has 0 atom stereocenters. The molecular formula is C21H15BrN2O3. The summed E-state index contributed by atoms with van der Waals surface area (Å²) in [5.74, 6) is 2.63. The standard InChI is InChI=1S/C21H15BrN2O3/c22-13-16-3-1-2-4-19(16)26-18-11-7-14(8-12-18)20-23-21(27-24-20)15-5-9-17(25)10-6-15/h1-12,25H,13H2. The average Bonchev–Trinajstić information content (AvgIpc) is 3.20. The molecule has 0 bridgehead atoms. The molecule has 0 fully saturated rings. The molecule has 4 rings (SSSR count). The summed E-state index contributed by atoms with van der Waals surface area (Å²) in [5, 5.41) is 14.1. The van der Waals surface area contributed by atoms with Crippen molar-refractivity contribution in [3.8, 4) is 40.1 Å². The van der Waals surface area contributed by atoms with Gasteiger partial charge in [0.2, 0.25) is 5.82 Å². The van der Waals surface area contributed by atoms with Gasteiger partial charge in [0, 0.05) is 22.0 Å². The topological polar surface area (TPSA) is 68.4 Å². The number of phenols is 1. The minimum Gasteiger partial charge on any atom is -0.508 e. The molecule has 1 aromatic heterocycles. The molecule has 27 heavy (non-hydrogen) atoms. The molecule has 3 aromatic carbocycles. The summed E-state index contributed by atoms with van der Waals surface area (Å²) in [6.45, 7) is 0. The highest BCUT2D eigenvalue weighted by molar-refractivity contribution is 9.08. The molecule has 0 saturated heterocycles. The summed E-state index contributed by atoms with van der Waals surface area (Å²) in [4.78, 5) is 4.42. The molecule has 1 heterocycles. The Balaban J connectivity index is 1.53. The van der Waals surface area contributed by atoms with Crippen LogP contribution >= 0.6 is 15.9 Å². The fraction of sp³-hybridized carbons (Fsp3) is 0.0476. The van der Waals surface area contributed by atoms with Gasteiger partial charge in [0.15, 0.2) is 0 Å². The van der Waals surface area contributed by atoms with Crippen molar-refractivity contribution in [2.75, 3.05) is 0 Å². The van der Waals surface area contributed by atoms with Gasteiger partial charge in [-0.25, -0.2) is 0 Å². The van der Waals surface area contributed by atoms with Crippen LogP contribution in [-0.2, 0) is 5.33 Å². The average molecular weight is 423 g/mol. The summed E-state index contributed by atoms with van der Waals surface area (Å²) < 4.78 is 11.3. The van der Waals surface area contributed by atoms with Gasteiger partial charge in [-0.05, 0) is 54.6 Å². The van der Waals surface area contributed by atoms with Crippen molar-refractivity contribution in [1.29, 1.82) is 0 Å². The Bertz CT molecular complexity index is 1040. The van der Waals surface area contributed by atoms with E-state index in [1.165, 1.54) is 0 Å². The van der Waals surface area contributed by atoms with Crippen LogP contribution in [0.25, 0.3) is 22.8 Å². The first-order valence-electron chi connectivity index (χ1n) is 8.28. The monoisotopic (exact) mass is 422 g/mol. The molecule has 0 aliphatic rings. The normalized spacial score (nSPS) is 10.7. The zero-order valence-electron chi connectivity index (χ0n) is 14.2. The largest absolute Gasteiger partial charge is 0.508 e. The lowest BCUT2D eigenvalue weighted by atomic mass is 10.2. The van der Waals surface area contributed by atoms with Crippen LogP contribution < -0.4 is 4.74 Å². The molecule has 0 unspecified atom stereocenters. The van der Waals surface area contributed by atoms with Crippen molar-refractivity contribution < 1.29 is 14.4 Å². The van der Waals surface area contributed by atoms with Crippen molar-refractivity contribution in [3.63, 3.8) is 0 Å². The maximum absolute atomic E-state index is 9.37. The van der Waals surface area contributed by atoms with Crippen LogP contribution in [0.5, 0.6) is 17.2 Å². The molecular weight excluding hydrogens is 408 g/mol. The fourth-order valence-corrected chi connectivity index (χ4v) is 3.04. The number of para-hydroxylation sites is 1. The second-order valence-corrected chi connectivity index (χ2v) is 6.40. The van der Waals surface area contributed by atoms with Gasteiger partial charge < -0.3 is 14.4 Å². The second-order valence-electron chi connectivity index (χ2n) is 5.84. The summed E-state index contributed by atoms with van der Waals surface area (Å²) in [5.41, 5.74) is 2.65. The summed E-state index contributed by atoms with van der Waals surface area (Å²) >= 11 is 3.47. The SMILES string of the molecule is Oc1ccc(-c2nc(-c3ccc(Oc4ccccc4CBr)cc3)no2)cc1. The number of aromatic nitrogens is 2. The van der Waals surface area contributed by atoms with Gasteiger partial charge in [-0.1, -0.05) is 39.3 Å². The highest BCUT2D eigenvalue weighted by Gasteiger charge is 2.11. The molecule has 5 nitrogen and oxygen atoms in total. The Morgan fingerprint density at radius 1 is 0.889 bits per heavy atom. The minimum absolute atomic E-state index is 0.190. The number of halogens is 1. The zero-order chi connectivity index (χ0) is 18.6. The van der Waals surface area contributed by atoms with Crippen LogP contribution in [0, 0.1) is 0 Å². The number of ether oxygens (including phenoxy) is 1. The number of hydrogen-bond acceptors (Lipinski definition) is 5. The van der Waals surface area contributed by atoms with Crippen LogP contribution in [0.2, 0.25) is 0 Å². The van der Waals surface area contributed by atoms with Crippen molar-refractivity contribution in [3.05, 3.63) is 78.4 Å². The molecule has 0 saturated carbocycles. The quantitative estimate of drug-likeness (QED) is 0.411. The van der Waals surface area contributed by atoms with E-state index >= 15 is 0 Å². The molecule has 134 valence electrons. The molecule has 0 spiro atoms. The number of benzene rings is 3. The van der Waals surface area contributed by atoms with Gasteiger partial charge in [0.05, 0.1) is 0 Å². The smallest absolute Gasteiger partial charge is 0.258 e. The maximum atomic E-state index is 9.37. The first-order valence-corrected chi connectivity index (χ1v) is 9.40. The number of nitrogens with zero attached hydrogens (tertiary/aromatic N) is 2. The maximum Gasteiger partial charge on any atom is 0.258 e. The zero-order valence-corrected chi connectivity index (χ0v) is 15.8. The highest BCUT2D eigenvalue weighted by Crippen LogP contribution is 2.29. The number of aromatic hydroxyl groups is 1. The molecule has 0 aliphatic carbocycles. The van der Waals surface area contributed by atoms with Crippen LogP contribution in [-0.4, -0.2) is 15.2 Å². The van der Waals surface area contributed by atoms with E-state index in [1.807, 2.05) is 48.5 Å². The van der Waals surface area contributed by atoms with Gasteiger partial charge in [-0.3, -0.25) is 0 Å². The predicted molar refractivity (Wildman–Crippen MR) is 106 cm³/mol. The lowest BCUT2D eigenvalue weighted by Gasteiger charge is -2.09. The first kappa shape index (κ1) is 17.3. The van der Waals surface area contributed by atoms with E-state index in [0.717, 1.165) is 33.5 Å². The van der Waals surface area contributed by atoms with E-state index in [2.05, 4.69) is 26.1 Å². The molecule has 0 aliphatic heterocycles. The Morgan fingerprint density at radius 2 is 1.59 bits per heavy atom. The highest BCUT2D eigenvalue weighted by atomic mass is 79.9. The van der Waals surface area contributed by atoms with Gasteiger partial charge in [0.25, 0.3) is 5.89 Å². The molecule has 0 amide bonds. The molecule has 4 aromatic rings. The summed E-state index contributed by atoms with van der Waals surface area (Å²) in [6, 6.07) is 22.0. The Morgan fingerprint density at radius 3 is 2.33 bits per heavy atom. The fourth-order valence-electron chi connectivity index (χ4n) is 2.57. The minimum atomic E-state index is 0.190. The Hall–Kier alpha value is -3.12. The lowest BCUT2D eigenvalue weighted by molar-refractivity contribution is 0.432. The van der Waals surface area contributed by atoms with E-state index in [9.17, 15) is 5.11 Å². The molecule has 0 radical (unpaired) electrons. The third-order valence-corrected chi connectivity index (χ3v) is 4.60. The Labute approximate surface area is 164 Å². The van der Waals surface area contributed by atoms with Gasteiger partial charge in [-0.2, -0.15) is 4.98 Å². The van der Waals surface area contributed by atoms with Crippen LogP contribution in [0.4, 0.5) is 0 Å². The van der Waals surface area contributed by atoms with Crippen LogP contribution in [0.15, 0.2) is 77.3 Å². The van der Waals surface area contributed by atoms with Crippen LogP contribution in [0.3, 0.4) is 0 Å². The van der Waals surface area contributed by atoms with E-state index < -0.39 is 0 Å². The van der Waals surface area contributed by atoms with E-state index in [0.29, 0.717) is 11.7 Å². The summed E-state index contributed by atoms with van der Waals surface area (Å²) in [6.07, 6.45) is 0. The number of hydrogen-bond donors (Lipinski definition) is 1. The molecule has 1 N–H and O–H groups in total. The van der Waals surface area contributed by atoms with Crippen molar-refractivity contribution in [1.82, 2.24) is 10.1 Å².